The normalized spacial score (nSPS) is 9.95. The Kier molecular flexibility index (Phi) is 5.41. The summed E-state index contributed by atoms with van der Waals surface area (Å²) in [5.74, 6) is -0.591. The zero-order chi connectivity index (χ0) is 16.1. The van der Waals surface area contributed by atoms with E-state index < -0.39 is 11.8 Å². The smallest absolute Gasteiger partial charge is 0.273 e. The van der Waals surface area contributed by atoms with Gasteiger partial charge in [-0.2, -0.15) is 0 Å². The van der Waals surface area contributed by atoms with Crippen LogP contribution in [0.1, 0.15) is 20.7 Å². The average Bonchev–Trinajstić information content (AvgIpc) is 2.53. The van der Waals surface area contributed by atoms with E-state index in [2.05, 4.69) is 26.8 Å². The second-order valence-corrected chi connectivity index (χ2v) is 5.61. The Hall–Kier alpha value is -2.05. The summed E-state index contributed by atoms with van der Waals surface area (Å²) in [5.41, 5.74) is 5.31. The highest BCUT2D eigenvalue weighted by Crippen LogP contribution is 2.22. The van der Waals surface area contributed by atoms with Crippen LogP contribution >= 0.6 is 27.5 Å². The molecule has 0 spiro atoms. The molecular formula is C15H12BrClN2O3. The van der Waals surface area contributed by atoms with E-state index in [1.807, 2.05) is 0 Å². The summed E-state index contributed by atoms with van der Waals surface area (Å²) in [7, 11) is 1.44. The molecule has 0 bridgehead atoms. The molecule has 2 N–H and O–H groups in total. The van der Waals surface area contributed by atoms with Crippen LogP contribution < -0.4 is 15.6 Å². The number of carbonyl (C=O) groups excluding carboxylic acids is 2. The van der Waals surface area contributed by atoms with Gasteiger partial charge in [-0.15, -0.1) is 0 Å². The van der Waals surface area contributed by atoms with Crippen molar-refractivity contribution in [2.45, 2.75) is 0 Å². The highest BCUT2D eigenvalue weighted by molar-refractivity contribution is 9.10. The third kappa shape index (κ3) is 3.99. The Morgan fingerprint density at radius 3 is 2.32 bits per heavy atom. The molecule has 5 nitrogen and oxygen atoms in total. The summed E-state index contributed by atoms with van der Waals surface area (Å²) in [6.07, 6.45) is 0. The molecular weight excluding hydrogens is 372 g/mol. The molecule has 0 aromatic heterocycles. The van der Waals surface area contributed by atoms with E-state index in [0.29, 0.717) is 16.3 Å². The number of amides is 2. The van der Waals surface area contributed by atoms with E-state index in [4.69, 9.17) is 16.3 Å². The van der Waals surface area contributed by atoms with Crippen LogP contribution in [0.4, 0.5) is 0 Å². The highest BCUT2D eigenvalue weighted by Gasteiger charge is 2.14. The molecule has 0 heterocycles. The van der Waals surface area contributed by atoms with Crippen LogP contribution in [0.2, 0.25) is 5.02 Å². The van der Waals surface area contributed by atoms with Crippen molar-refractivity contribution in [2.75, 3.05) is 7.11 Å². The first-order valence-corrected chi connectivity index (χ1v) is 7.38. The molecule has 2 amide bonds. The van der Waals surface area contributed by atoms with Crippen LogP contribution in [-0.2, 0) is 0 Å². The highest BCUT2D eigenvalue weighted by atomic mass is 79.9. The lowest BCUT2D eigenvalue weighted by atomic mass is 10.2. The zero-order valence-electron chi connectivity index (χ0n) is 11.5. The standard InChI is InChI=1S/C15H12BrClN2O3/c1-22-13-7-6-11(17)8-12(13)15(21)19-18-14(20)9-2-4-10(16)5-3-9/h2-8H,1H3,(H,18,20)(H,19,21). The van der Waals surface area contributed by atoms with Crippen molar-refractivity contribution < 1.29 is 14.3 Å². The molecule has 2 rings (SSSR count). The van der Waals surface area contributed by atoms with Crippen molar-refractivity contribution in [3.63, 3.8) is 0 Å². The minimum Gasteiger partial charge on any atom is -0.496 e. The number of hydrazine groups is 1. The van der Waals surface area contributed by atoms with E-state index >= 15 is 0 Å². The SMILES string of the molecule is COc1ccc(Cl)cc1C(=O)NNC(=O)c1ccc(Br)cc1. The van der Waals surface area contributed by atoms with Gasteiger partial charge in [0.1, 0.15) is 5.75 Å². The lowest BCUT2D eigenvalue weighted by Gasteiger charge is -2.10. The van der Waals surface area contributed by atoms with Crippen LogP contribution in [0.15, 0.2) is 46.9 Å². The third-order valence-corrected chi connectivity index (χ3v) is 3.57. The summed E-state index contributed by atoms with van der Waals surface area (Å²) in [4.78, 5) is 24.0. The fourth-order valence-corrected chi connectivity index (χ4v) is 2.15. The van der Waals surface area contributed by atoms with Gasteiger partial charge < -0.3 is 4.74 Å². The molecule has 0 radical (unpaired) electrons. The monoisotopic (exact) mass is 382 g/mol. The molecule has 0 saturated heterocycles. The van der Waals surface area contributed by atoms with Gasteiger partial charge in [0, 0.05) is 15.1 Å². The third-order valence-electron chi connectivity index (χ3n) is 2.80. The number of hydrogen-bond donors (Lipinski definition) is 2. The van der Waals surface area contributed by atoms with Crippen molar-refractivity contribution in [3.05, 3.63) is 63.1 Å². The van der Waals surface area contributed by atoms with Crippen molar-refractivity contribution in [3.8, 4) is 5.75 Å². The molecule has 0 saturated carbocycles. The van der Waals surface area contributed by atoms with Crippen LogP contribution in [0.3, 0.4) is 0 Å². The Morgan fingerprint density at radius 2 is 1.68 bits per heavy atom. The fourth-order valence-electron chi connectivity index (χ4n) is 1.71. The van der Waals surface area contributed by atoms with Crippen molar-refractivity contribution in [2.24, 2.45) is 0 Å². The largest absolute Gasteiger partial charge is 0.496 e. The topological polar surface area (TPSA) is 67.4 Å². The van der Waals surface area contributed by atoms with Gasteiger partial charge >= 0.3 is 0 Å². The maximum Gasteiger partial charge on any atom is 0.273 e. The van der Waals surface area contributed by atoms with E-state index in [1.165, 1.54) is 13.2 Å². The van der Waals surface area contributed by atoms with E-state index in [9.17, 15) is 9.59 Å². The van der Waals surface area contributed by atoms with Gasteiger partial charge in [0.2, 0.25) is 0 Å². The number of hydrogen-bond acceptors (Lipinski definition) is 3. The van der Waals surface area contributed by atoms with Gasteiger partial charge in [0.25, 0.3) is 11.8 Å². The molecule has 0 aliphatic carbocycles. The molecule has 7 heteroatoms. The Balaban J connectivity index is 2.05. The lowest BCUT2D eigenvalue weighted by Crippen LogP contribution is -2.41. The van der Waals surface area contributed by atoms with Crippen LogP contribution in [0, 0.1) is 0 Å². The van der Waals surface area contributed by atoms with Crippen molar-refractivity contribution in [1.29, 1.82) is 0 Å². The van der Waals surface area contributed by atoms with Gasteiger partial charge in [-0.05, 0) is 42.5 Å². The second-order valence-electron chi connectivity index (χ2n) is 4.26. The molecule has 2 aromatic rings. The van der Waals surface area contributed by atoms with E-state index in [1.54, 1.807) is 36.4 Å². The summed E-state index contributed by atoms with van der Waals surface area (Å²) in [6.45, 7) is 0. The predicted octanol–water partition coefficient (Wildman–Crippen LogP) is 3.19. The van der Waals surface area contributed by atoms with Crippen molar-refractivity contribution in [1.82, 2.24) is 10.9 Å². The number of nitrogens with one attached hydrogen (secondary N) is 2. The van der Waals surface area contributed by atoms with Crippen LogP contribution in [0.25, 0.3) is 0 Å². The van der Waals surface area contributed by atoms with Crippen LogP contribution in [0.5, 0.6) is 5.75 Å². The predicted molar refractivity (Wildman–Crippen MR) is 87.1 cm³/mol. The second kappa shape index (κ2) is 7.29. The maximum atomic E-state index is 12.1. The molecule has 114 valence electrons. The molecule has 0 atom stereocenters. The van der Waals surface area contributed by atoms with Gasteiger partial charge in [-0.1, -0.05) is 27.5 Å². The number of carbonyl (C=O) groups is 2. The Bertz CT molecular complexity index is 704. The molecule has 0 aliphatic heterocycles. The summed E-state index contributed by atoms with van der Waals surface area (Å²) in [5, 5.41) is 0.394. The maximum absolute atomic E-state index is 12.1. The number of ether oxygens (including phenoxy) is 1. The molecule has 0 fully saturated rings. The average molecular weight is 384 g/mol. The molecule has 0 unspecified atom stereocenters. The van der Waals surface area contributed by atoms with Gasteiger partial charge in [0.05, 0.1) is 12.7 Å². The summed E-state index contributed by atoms with van der Waals surface area (Å²) in [6, 6.07) is 11.4. The number of halogens is 2. The molecule has 22 heavy (non-hydrogen) atoms. The van der Waals surface area contributed by atoms with E-state index in [-0.39, 0.29) is 5.56 Å². The first kappa shape index (κ1) is 16.3. The zero-order valence-corrected chi connectivity index (χ0v) is 13.9. The Morgan fingerprint density at radius 1 is 1.05 bits per heavy atom. The van der Waals surface area contributed by atoms with Crippen LogP contribution in [-0.4, -0.2) is 18.9 Å². The van der Waals surface area contributed by atoms with E-state index in [0.717, 1.165) is 4.47 Å². The quantitative estimate of drug-likeness (QED) is 0.800. The minimum absolute atomic E-state index is 0.228. The van der Waals surface area contributed by atoms with Crippen molar-refractivity contribution >= 4 is 39.3 Å². The summed E-state index contributed by atoms with van der Waals surface area (Å²) < 4.78 is 5.95. The first-order chi connectivity index (χ1) is 10.5. The number of rotatable bonds is 3. The number of benzene rings is 2. The molecule has 0 aliphatic rings. The Labute approximate surface area is 140 Å². The minimum atomic E-state index is -0.523. The fraction of sp³-hybridized carbons (Fsp3) is 0.0667. The van der Waals surface area contributed by atoms with Gasteiger partial charge in [0.15, 0.2) is 0 Å². The molecule has 2 aromatic carbocycles. The summed E-state index contributed by atoms with van der Waals surface area (Å²) >= 11 is 9.15. The van der Waals surface area contributed by atoms with Gasteiger partial charge in [-0.25, -0.2) is 0 Å². The number of methoxy groups -OCH3 is 1. The van der Waals surface area contributed by atoms with Gasteiger partial charge in [-0.3, -0.25) is 20.4 Å². The lowest BCUT2D eigenvalue weighted by molar-refractivity contribution is 0.0845. The first-order valence-electron chi connectivity index (χ1n) is 6.21.